The smallest absolute Gasteiger partial charge is 0.207 e. The van der Waals surface area contributed by atoms with Crippen molar-refractivity contribution in [2.45, 2.75) is 27.3 Å². The zero-order chi connectivity index (χ0) is 13.1. The van der Waals surface area contributed by atoms with Gasteiger partial charge < -0.3 is 9.88 Å². The molecule has 0 aliphatic heterocycles. The van der Waals surface area contributed by atoms with Gasteiger partial charge in [0.25, 0.3) is 0 Å². The highest BCUT2D eigenvalue weighted by molar-refractivity contribution is 5.59. The summed E-state index contributed by atoms with van der Waals surface area (Å²) >= 11 is 0. The average molecular weight is 247 g/mol. The number of anilines is 2. The topological polar surface area (TPSA) is 29.9 Å². The van der Waals surface area contributed by atoms with Crippen LogP contribution in [0.2, 0.25) is 0 Å². The molecule has 0 saturated carbocycles. The molecule has 0 fully saturated rings. The monoisotopic (exact) mass is 247 g/mol. The Morgan fingerprint density at radius 2 is 2.17 bits per heavy atom. The van der Waals surface area contributed by atoms with E-state index in [1.54, 1.807) is 12.3 Å². The molecule has 96 valence electrons. The van der Waals surface area contributed by atoms with Crippen LogP contribution in [-0.2, 0) is 6.54 Å². The predicted octanol–water partition coefficient (Wildman–Crippen LogP) is 3.73. The van der Waals surface area contributed by atoms with Gasteiger partial charge in [0.05, 0.1) is 5.69 Å². The van der Waals surface area contributed by atoms with Gasteiger partial charge in [-0.3, -0.25) is 0 Å². The predicted molar refractivity (Wildman–Crippen MR) is 71.5 cm³/mol. The van der Waals surface area contributed by atoms with Crippen LogP contribution in [0, 0.1) is 18.7 Å². The minimum absolute atomic E-state index is 0.255. The van der Waals surface area contributed by atoms with E-state index >= 15 is 0 Å². The highest BCUT2D eigenvalue weighted by Gasteiger charge is 2.09. The maximum absolute atomic E-state index is 13.7. The van der Waals surface area contributed by atoms with Gasteiger partial charge in [-0.15, -0.1) is 0 Å². The van der Waals surface area contributed by atoms with Crippen LogP contribution in [-0.4, -0.2) is 9.55 Å². The maximum atomic E-state index is 13.7. The number of hydrogen-bond acceptors (Lipinski definition) is 2. The maximum Gasteiger partial charge on any atom is 0.207 e. The van der Waals surface area contributed by atoms with Crippen LogP contribution in [0.15, 0.2) is 30.6 Å². The number of rotatable bonds is 4. The first-order valence-electron chi connectivity index (χ1n) is 6.11. The fourth-order valence-corrected chi connectivity index (χ4v) is 1.88. The molecule has 1 N–H and O–H groups in total. The Kier molecular flexibility index (Phi) is 3.65. The summed E-state index contributed by atoms with van der Waals surface area (Å²) in [4.78, 5) is 4.23. The van der Waals surface area contributed by atoms with E-state index in [0.29, 0.717) is 17.6 Å². The summed E-state index contributed by atoms with van der Waals surface area (Å²) in [6.45, 7) is 7.01. The van der Waals surface area contributed by atoms with Crippen LogP contribution in [0.1, 0.15) is 19.4 Å². The normalized spacial score (nSPS) is 10.9. The number of imidazole rings is 1. The fraction of sp³-hybridized carbons (Fsp3) is 0.357. The Balaban J connectivity index is 2.26. The molecule has 0 unspecified atom stereocenters. The molecule has 0 aliphatic carbocycles. The molecular formula is C14H18FN3. The fourth-order valence-electron chi connectivity index (χ4n) is 1.88. The molecule has 3 nitrogen and oxygen atoms in total. The molecule has 4 heteroatoms. The number of aryl methyl sites for hydroxylation is 1. The minimum Gasteiger partial charge on any atom is -0.323 e. The molecule has 0 aliphatic rings. The third-order valence-electron chi connectivity index (χ3n) is 2.74. The minimum atomic E-state index is -0.255. The van der Waals surface area contributed by atoms with Crippen LogP contribution < -0.4 is 5.32 Å². The molecule has 2 aromatic rings. The van der Waals surface area contributed by atoms with Crippen LogP contribution in [0.25, 0.3) is 0 Å². The Morgan fingerprint density at radius 1 is 1.39 bits per heavy atom. The first-order valence-corrected chi connectivity index (χ1v) is 6.11. The van der Waals surface area contributed by atoms with Crippen molar-refractivity contribution in [1.29, 1.82) is 0 Å². The number of para-hydroxylation sites is 1. The number of benzene rings is 1. The molecule has 0 atom stereocenters. The summed E-state index contributed by atoms with van der Waals surface area (Å²) in [7, 11) is 0. The van der Waals surface area contributed by atoms with Crippen molar-refractivity contribution in [1.82, 2.24) is 9.55 Å². The number of aromatic nitrogens is 2. The summed E-state index contributed by atoms with van der Waals surface area (Å²) in [5.74, 6) is 0.937. The lowest BCUT2D eigenvalue weighted by Crippen LogP contribution is -2.08. The Morgan fingerprint density at radius 3 is 2.83 bits per heavy atom. The lowest BCUT2D eigenvalue weighted by molar-refractivity contribution is 0.527. The number of halogens is 1. The van der Waals surface area contributed by atoms with E-state index < -0.39 is 0 Å². The van der Waals surface area contributed by atoms with Gasteiger partial charge in [0.1, 0.15) is 5.82 Å². The van der Waals surface area contributed by atoms with E-state index in [-0.39, 0.29) is 5.82 Å². The highest BCUT2D eigenvalue weighted by Crippen LogP contribution is 2.23. The first-order chi connectivity index (χ1) is 8.58. The van der Waals surface area contributed by atoms with Crippen LogP contribution in [0.4, 0.5) is 16.0 Å². The highest BCUT2D eigenvalue weighted by atomic mass is 19.1. The lowest BCUT2D eigenvalue weighted by Gasteiger charge is -2.13. The number of hydrogen-bond donors (Lipinski definition) is 1. The van der Waals surface area contributed by atoms with Crippen molar-refractivity contribution in [2.75, 3.05) is 5.32 Å². The molecule has 1 aromatic heterocycles. The third-order valence-corrected chi connectivity index (χ3v) is 2.74. The van der Waals surface area contributed by atoms with Gasteiger partial charge in [-0.2, -0.15) is 0 Å². The molecule has 0 radical (unpaired) electrons. The Hall–Kier alpha value is -1.84. The van der Waals surface area contributed by atoms with Gasteiger partial charge >= 0.3 is 0 Å². The molecule has 0 spiro atoms. The quantitative estimate of drug-likeness (QED) is 0.892. The summed E-state index contributed by atoms with van der Waals surface area (Å²) in [6, 6.07) is 5.03. The SMILES string of the molecule is Cc1cccc(F)c1Nc1nccn1CC(C)C. The first kappa shape index (κ1) is 12.6. The second-order valence-corrected chi connectivity index (χ2v) is 4.85. The summed E-state index contributed by atoms with van der Waals surface area (Å²) < 4.78 is 15.7. The standard InChI is InChI=1S/C14H18FN3/c1-10(2)9-18-8-7-16-14(18)17-13-11(3)5-4-6-12(13)15/h4-8,10H,9H2,1-3H3,(H,16,17). The van der Waals surface area contributed by atoms with E-state index in [4.69, 9.17) is 0 Å². The zero-order valence-corrected chi connectivity index (χ0v) is 10.9. The van der Waals surface area contributed by atoms with Crippen molar-refractivity contribution in [3.05, 3.63) is 42.0 Å². The molecule has 0 bridgehead atoms. The van der Waals surface area contributed by atoms with Gasteiger partial charge in [-0.05, 0) is 24.5 Å². The van der Waals surface area contributed by atoms with E-state index in [1.807, 2.05) is 23.8 Å². The third kappa shape index (κ3) is 2.70. The van der Waals surface area contributed by atoms with Gasteiger partial charge in [-0.1, -0.05) is 26.0 Å². The molecule has 0 amide bonds. The molecule has 1 aromatic carbocycles. The lowest BCUT2D eigenvalue weighted by atomic mass is 10.2. The summed E-state index contributed by atoms with van der Waals surface area (Å²) in [5.41, 5.74) is 1.36. The molecule has 1 heterocycles. The van der Waals surface area contributed by atoms with Crippen molar-refractivity contribution >= 4 is 11.6 Å². The molecule has 2 rings (SSSR count). The average Bonchev–Trinajstić information content (AvgIpc) is 2.70. The Labute approximate surface area is 107 Å². The Bertz CT molecular complexity index is 511. The molecular weight excluding hydrogens is 229 g/mol. The van der Waals surface area contributed by atoms with Crippen molar-refractivity contribution in [3.8, 4) is 0 Å². The summed E-state index contributed by atoms with van der Waals surface area (Å²) in [6.07, 6.45) is 3.62. The van der Waals surface area contributed by atoms with Crippen LogP contribution in [0.3, 0.4) is 0 Å². The van der Waals surface area contributed by atoms with Crippen molar-refractivity contribution in [2.24, 2.45) is 5.92 Å². The summed E-state index contributed by atoms with van der Waals surface area (Å²) in [5, 5.41) is 3.07. The van der Waals surface area contributed by atoms with Gasteiger partial charge in [-0.25, -0.2) is 9.37 Å². The van der Waals surface area contributed by atoms with Crippen LogP contribution >= 0.6 is 0 Å². The largest absolute Gasteiger partial charge is 0.323 e. The second kappa shape index (κ2) is 5.21. The molecule has 0 saturated heterocycles. The van der Waals surface area contributed by atoms with E-state index in [1.165, 1.54) is 6.07 Å². The number of nitrogens with one attached hydrogen (secondary N) is 1. The van der Waals surface area contributed by atoms with E-state index in [2.05, 4.69) is 24.1 Å². The van der Waals surface area contributed by atoms with E-state index in [9.17, 15) is 4.39 Å². The van der Waals surface area contributed by atoms with Crippen LogP contribution in [0.5, 0.6) is 0 Å². The van der Waals surface area contributed by atoms with Crippen molar-refractivity contribution in [3.63, 3.8) is 0 Å². The van der Waals surface area contributed by atoms with Crippen molar-refractivity contribution < 1.29 is 4.39 Å². The van der Waals surface area contributed by atoms with Gasteiger partial charge in [0, 0.05) is 18.9 Å². The van der Waals surface area contributed by atoms with E-state index in [0.717, 1.165) is 12.1 Å². The molecule has 18 heavy (non-hydrogen) atoms. The van der Waals surface area contributed by atoms with Gasteiger partial charge in [0.15, 0.2) is 0 Å². The second-order valence-electron chi connectivity index (χ2n) is 4.85. The number of nitrogens with zero attached hydrogens (tertiary/aromatic N) is 2. The zero-order valence-electron chi connectivity index (χ0n) is 10.9. The van der Waals surface area contributed by atoms with Gasteiger partial charge in [0.2, 0.25) is 5.95 Å².